The summed E-state index contributed by atoms with van der Waals surface area (Å²) in [5, 5.41) is 9.41. The van der Waals surface area contributed by atoms with Crippen molar-refractivity contribution < 1.29 is 5.11 Å². The van der Waals surface area contributed by atoms with Crippen LogP contribution in [0.5, 0.6) is 0 Å². The molecule has 4 heteroatoms. The van der Waals surface area contributed by atoms with Crippen molar-refractivity contribution in [2.45, 2.75) is 17.4 Å². The number of nitrogens with two attached hydrogens (primary N) is 1. The first kappa shape index (κ1) is 11.9. The molecule has 1 unspecified atom stereocenters. The maximum atomic E-state index is 8.66. The Morgan fingerprint density at radius 2 is 2.00 bits per heavy atom. The summed E-state index contributed by atoms with van der Waals surface area (Å²) in [6.07, 6.45) is 0.653. The first-order valence-corrected chi connectivity index (χ1v) is 5.83. The molecule has 1 rings (SSSR count). The fraction of sp³-hybridized carbons (Fsp3) is 0.400. The molecule has 1 aromatic rings. The van der Waals surface area contributed by atoms with Crippen LogP contribution < -0.4 is 5.73 Å². The largest absolute Gasteiger partial charge is 0.396 e. The first-order valence-electron chi connectivity index (χ1n) is 4.47. The van der Waals surface area contributed by atoms with E-state index in [9.17, 15) is 0 Å². The van der Waals surface area contributed by atoms with Gasteiger partial charge in [-0.2, -0.15) is 0 Å². The normalized spacial score (nSPS) is 12.8. The summed E-state index contributed by atoms with van der Waals surface area (Å²) in [5.74, 6) is 0.822. The summed E-state index contributed by atoms with van der Waals surface area (Å²) in [5.41, 5.74) is 5.76. The van der Waals surface area contributed by atoms with E-state index >= 15 is 0 Å². The molecule has 0 saturated carbocycles. The molecule has 0 aliphatic carbocycles. The van der Waals surface area contributed by atoms with Crippen molar-refractivity contribution in [3.05, 3.63) is 29.3 Å². The Morgan fingerprint density at radius 3 is 2.57 bits per heavy atom. The number of hydrogen-bond acceptors (Lipinski definition) is 3. The number of aliphatic hydroxyl groups is 1. The molecule has 0 amide bonds. The summed E-state index contributed by atoms with van der Waals surface area (Å²) < 4.78 is 0. The highest BCUT2D eigenvalue weighted by atomic mass is 35.5. The molecule has 0 aliphatic rings. The molecule has 0 radical (unpaired) electrons. The summed E-state index contributed by atoms with van der Waals surface area (Å²) in [4.78, 5) is 1.16. The predicted octanol–water partition coefficient (Wildman–Crippen LogP) is 2.14. The minimum absolute atomic E-state index is 0.0562. The Hall–Kier alpha value is -0.220. The van der Waals surface area contributed by atoms with Gasteiger partial charge in [-0.1, -0.05) is 11.6 Å². The van der Waals surface area contributed by atoms with E-state index in [0.29, 0.717) is 6.42 Å². The maximum Gasteiger partial charge on any atom is 0.0446 e. The molecule has 3 N–H and O–H groups in total. The molecule has 0 spiro atoms. The van der Waals surface area contributed by atoms with Gasteiger partial charge in [-0.05, 0) is 30.7 Å². The van der Waals surface area contributed by atoms with E-state index in [4.69, 9.17) is 22.4 Å². The van der Waals surface area contributed by atoms with Gasteiger partial charge in [-0.15, -0.1) is 11.8 Å². The zero-order chi connectivity index (χ0) is 10.4. The first-order chi connectivity index (χ1) is 6.72. The molecule has 2 nitrogen and oxygen atoms in total. The van der Waals surface area contributed by atoms with Crippen molar-refractivity contribution >= 4 is 23.4 Å². The van der Waals surface area contributed by atoms with E-state index in [2.05, 4.69) is 0 Å². The van der Waals surface area contributed by atoms with Gasteiger partial charge in [0.25, 0.3) is 0 Å². The van der Waals surface area contributed by atoms with Crippen LogP contribution in [0, 0.1) is 0 Å². The summed E-state index contributed by atoms with van der Waals surface area (Å²) >= 11 is 7.44. The fourth-order valence-corrected chi connectivity index (χ4v) is 2.01. The number of aliphatic hydroxyl groups excluding tert-OH is 1. The average Bonchev–Trinajstić information content (AvgIpc) is 2.17. The van der Waals surface area contributed by atoms with Crippen molar-refractivity contribution in [2.75, 3.05) is 12.4 Å². The SMILES string of the molecule is NC(CCO)CSc1ccc(Cl)cc1. The van der Waals surface area contributed by atoms with E-state index in [1.54, 1.807) is 11.8 Å². The quantitative estimate of drug-likeness (QED) is 0.764. The zero-order valence-electron chi connectivity index (χ0n) is 7.82. The molecule has 0 bridgehead atoms. The molecule has 1 aromatic carbocycles. The van der Waals surface area contributed by atoms with Crippen LogP contribution in [0.3, 0.4) is 0 Å². The van der Waals surface area contributed by atoms with Crippen molar-refractivity contribution in [3.63, 3.8) is 0 Å². The molecule has 0 fully saturated rings. The van der Waals surface area contributed by atoms with Crippen molar-refractivity contribution in [2.24, 2.45) is 5.73 Å². The lowest BCUT2D eigenvalue weighted by atomic mass is 10.3. The van der Waals surface area contributed by atoms with Crippen LogP contribution in [-0.2, 0) is 0 Å². The second-order valence-electron chi connectivity index (χ2n) is 3.04. The molecule has 0 saturated heterocycles. The topological polar surface area (TPSA) is 46.2 Å². The Balaban J connectivity index is 2.34. The minimum atomic E-state index is 0.0562. The van der Waals surface area contributed by atoms with Crippen LogP contribution in [0.4, 0.5) is 0 Å². The summed E-state index contributed by atoms with van der Waals surface area (Å²) in [7, 11) is 0. The average molecular weight is 232 g/mol. The van der Waals surface area contributed by atoms with E-state index < -0.39 is 0 Å². The van der Waals surface area contributed by atoms with Gasteiger partial charge in [-0.25, -0.2) is 0 Å². The van der Waals surface area contributed by atoms with Gasteiger partial charge in [0.05, 0.1) is 0 Å². The molecule has 78 valence electrons. The van der Waals surface area contributed by atoms with Crippen LogP contribution >= 0.6 is 23.4 Å². The van der Waals surface area contributed by atoms with Gasteiger partial charge in [0.1, 0.15) is 0 Å². The van der Waals surface area contributed by atoms with E-state index in [-0.39, 0.29) is 12.6 Å². The zero-order valence-corrected chi connectivity index (χ0v) is 9.39. The smallest absolute Gasteiger partial charge is 0.0446 e. The van der Waals surface area contributed by atoms with Crippen molar-refractivity contribution in [1.82, 2.24) is 0 Å². The molecule has 1 atom stereocenters. The second kappa shape index (κ2) is 6.30. The van der Waals surface area contributed by atoms with Crippen LogP contribution in [0.2, 0.25) is 5.02 Å². The minimum Gasteiger partial charge on any atom is -0.396 e. The number of halogens is 1. The van der Waals surface area contributed by atoms with Gasteiger partial charge in [-0.3, -0.25) is 0 Å². The van der Waals surface area contributed by atoms with Gasteiger partial charge in [0.15, 0.2) is 0 Å². The van der Waals surface area contributed by atoms with Gasteiger partial charge in [0, 0.05) is 28.3 Å². The number of thioether (sulfide) groups is 1. The van der Waals surface area contributed by atoms with Crippen LogP contribution in [-0.4, -0.2) is 23.5 Å². The maximum absolute atomic E-state index is 8.66. The van der Waals surface area contributed by atoms with Gasteiger partial charge in [0.2, 0.25) is 0 Å². The Morgan fingerprint density at radius 1 is 1.36 bits per heavy atom. The lowest BCUT2D eigenvalue weighted by Crippen LogP contribution is -2.23. The fourth-order valence-electron chi connectivity index (χ4n) is 0.983. The standard InChI is InChI=1S/C10H14ClNOS/c11-8-1-3-10(4-2-8)14-7-9(12)5-6-13/h1-4,9,13H,5-7,12H2. The number of hydrogen-bond donors (Lipinski definition) is 2. The molecule has 14 heavy (non-hydrogen) atoms. The van der Waals surface area contributed by atoms with E-state index in [0.717, 1.165) is 15.7 Å². The third-order valence-corrected chi connectivity index (χ3v) is 3.23. The van der Waals surface area contributed by atoms with E-state index in [1.807, 2.05) is 24.3 Å². The lowest BCUT2D eigenvalue weighted by molar-refractivity contribution is 0.279. The predicted molar refractivity (Wildman–Crippen MR) is 61.9 cm³/mol. The lowest BCUT2D eigenvalue weighted by Gasteiger charge is -2.08. The highest BCUT2D eigenvalue weighted by molar-refractivity contribution is 7.99. The third kappa shape index (κ3) is 4.33. The number of benzene rings is 1. The highest BCUT2D eigenvalue weighted by Crippen LogP contribution is 2.20. The second-order valence-corrected chi connectivity index (χ2v) is 4.57. The Labute approximate surface area is 93.5 Å². The molecular weight excluding hydrogens is 218 g/mol. The van der Waals surface area contributed by atoms with E-state index in [1.165, 1.54) is 0 Å². The Kier molecular flexibility index (Phi) is 5.33. The van der Waals surface area contributed by atoms with Gasteiger partial charge < -0.3 is 10.8 Å². The number of rotatable bonds is 5. The van der Waals surface area contributed by atoms with Crippen LogP contribution in [0.1, 0.15) is 6.42 Å². The summed E-state index contributed by atoms with van der Waals surface area (Å²) in [6.45, 7) is 0.155. The van der Waals surface area contributed by atoms with Crippen LogP contribution in [0.25, 0.3) is 0 Å². The van der Waals surface area contributed by atoms with Crippen LogP contribution in [0.15, 0.2) is 29.2 Å². The summed E-state index contributed by atoms with van der Waals surface area (Å²) in [6, 6.07) is 7.72. The van der Waals surface area contributed by atoms with Crippen molar-refractivity contribution in [3.8, 4) is 0 Å². The van der Waals surface area contributed by atoms with Crippen molar-refractivity contribution in [1.29, 1.82) is 0 Å². The monoisotopic (exact) mass is 231 g/mol. The molecule has 0 aromatic heterocycles. The third-order valence-electron chi connectivity index (χ3n) is 1.78. The van der Waals surface area contributed by atoms with Gasteiger partial charge >= 0.3 is 0 Å². The molecular formula is C10H14ClNOS. The molecule has 0 heterocycles. The Bertz CT molecular complexity index is 265. The molecule has 0 aliphatic heterocycles. The highest BCUT2D eigenvalue weighted by Gasteiger charge is 2.02.